The number of hydrogen-bond donors (Lipinski definition) is 0. The SMILES string of the molecule is O=[N+]([O-])c1c[c]ccc1Oc1cccc(F)c1F. The number of nitro benzene ring substituents is 1. The third kappa shape index (κ3) is 2.27. The van der Waals surface area contributed by atoms with Gasteiger partial charge < -0.3 is 4.74 Å². The Labute approximate surface area is 101 Å². The minimum Gasteiger partial charge on any atom is -0.447 e. The van der Waals surface area contributed by atoms with Crippen molar-refractivity contribution in [1.82, 2.24) is 0 Å². The number of rotatable bonds is 3. The molecule has 0 atom stereocenters. The van der Waals surface area contributed by atoms with Crippen molar-refractivity contribution in [2.45, 2.75) is 0 Å². The smallest absolute Gasteiger partial charge is 0.312 e. The minimum absolute atomic E-state index is 0.178. The van der Waals surface area contributed by atoms with E-state index < -0.39 is 22.3 Å². The second-order valence-corrected chi connectivity index (χ2v) is 3.30. The molecule has 0 aliphatic carbocycles. The predicted octanol–water partition coefficient (Wildman–Crippen LogP) is 3.47. The van der Waals surface area contributed by atoms with Gasteiger partial charge in [0, 0.05) is 6.07 Å². The van der Waals surface area contributed by atoms with Crippen molar-refractivity contribution < 1.29 is 18.4 Å². The Morgan fingerprint density at radius 1 is 1.22 bits per heavy atom. The summed E-state index contributed by atoms with van der Waals surface area (Å²) in [4.78, 5) is 10.0. The van der Waals surface area contributed by atoms with Crippen molar-refractivity contribution in [3.8, 4) is 11.5 Å². The van der Waals surface area contributed by atoms with Crippen molar-refractivity contribution >= 4 is 5.69 Å². The average Bonchev–Trinajstić information content (AvgIpc) is 2.35. The van der Waals surface area contributed by atoms with E-state index in [1.807, 2.05) is 0 Å². The third-order valence-electron chi connectivity index (χ3n) is 2.14. The van der Waals surface area contributed by atoms with Crippen LogP contribution in [-0.2, 0) is 0 Å². The van der Waals surface area contributed by atoms with E-state index in [1.165, 1.54) is 24.3 Å². The molecule has 0 aromatic heterocycles. The van der Waals surface area contributed by atoms with Crippen molar-refractivity contribution in [3.63, 3.8) is 0 Å². The van der Waals surface area contributed by atoms with E-state index in [-0.39, 0.29) is 11.4 Å². The highest BCUT2D eigenvalue weighted by atomic mass is 19.2. The summed E-state index contributed by atoms with van der Waals surface area (Å²) in [5.41, 5.74) is -0.374. The van der Waals surface area contributed by atoms with Gasteiger partial charge >= 0.3 is 5.69 Å². The van der Waals surface area contributed by atoms with Crippen molar-refractivity contribution in [2.24, 2.45) is 0 Å². The van der Waals surface area contributed by atoms with Gasteiger partial charge in [-0.2, -0.15) is 4.39 Å². The van der Waals surface area contributed by atoms with Crippen LogP contribution in [0.2, 0.25) is 0 Å². The number of hydrogen-bond acceptors (Lipinski definition) is 3. The van der Waals surface area contributed by atoms with Crippen LogP contribution in [0.4, 0.5) is 14.5 Å². The molecular formula is C12H6F2NO3. The zero-order valence-corrected chi connectivity index (χ0v) is 8.89. The first-order chi connectivity index (χ1) is 8.59. The summed E-state index contributed by atoms with van der Waals surface area (Å²) in [6, 6.07) is 9.57. The van der Waals surface area contributed by atoms with E-state index in [0.717, 1.165) is 12.1 Å². The van der Waals surface area contributed by atoms with Gasteiger partial charge in [0.25, 0.3) is 0 Å². The Kier molecular flexibility index (Phi) is 3.18. The monoisotopic (exact) mass is 250 g/mol. The van der Waals surface area contributed by atoms with Gasteiger partial charge in [-0.05, 0) is 24.3 Å². The van der Waals surface area contributed by atoms with Gasteiger partial charge in [0.05, 0.1) is 4.92 Å². The van der Waals surface area contributed by atoms with Crippen LogP contribution in [0.1, 0.15) is 0 Å². The minimum atomic E-state index is -1.19. The first kappa shape index (κ1) is 12.0. The van der Waals surface area contributed by atoms with E-state index in [4.69, 9.17) is 4.74 Å². The first-order valence-electron chi connectivity index (χ1n) is 4.86. The normalized spacial score (nSPS) is 10.1. The summed E-state index contributed by atoms with van der Waals surface area (Å²) >= 11 is 0. The highest BCUT2D eigenvalue weighted by Gasteiger charge is 2.17. The maximum atomic E-state index is 13.3. The van der Waals surface area contributed by atoms with Gasteiger partial charge in [0.1, 0.15) is 0 Å². The average molecular weight is 250 g/mol. The van der Waals surface area contributed by atoms with Gasteiger partial charge in [0.2, 0.25) is 11.6 Å². The highest BCUT2D eigenvalue weighted by Crippen LogP contribution is 2.32. The van der Waals surface area contributed by atoms with Gasteiger partial charge in [-0.25, -0.2) is 4.39 Å². The fourth-order valence-corrected chi connectivity index (χ4v) is 1.32. The molecular weight excluding hydrogens is 244 g/mol. The molecule has 0 N–H and O–H groups in total. The summed E-state index contributed by atoms with van der Waals surface area (Å²) < 4.78 is 31.3. The van der Waals surface area contributed by atoms with E-state index in [2.05, 4.69) is 6.07 Å². The number of halogens is 2. The van der Waals surface area contributed by atoms with Gasteiger partial charge in [-0.3, -0.25) is 10.1 Å². The zero-order chi connectivity index (χ0) is 13.1. The van der Waals surface area contributed by atoms with Gasteiger partial charge in [0.15, 0.2) is 11.6 Å². The molecule has 0 unspecified atom stereocenters. The number of nitro groups is 1. The first-order valence-corrected chi connectivity index (χ1v) is 4.86. The standard InChI is InChI=1S/C12H6F2NO3/c13-8-4-3-7-11(12(8)14)18-10-6-2-1-5-9(10)15(16)17/h2-7H. The fraction of sp³-hybridized carbons (Fsp3) is 0. The Morgan fingerprint density at radius 3 is 2.72 bits per heavy atom. The Morgan fingerprint density at radius 2 is 2.00 bits per heavy atom. The molecule has 18 heavy (non-hydrogen) atoms. The third-order valence-corrected chi connectivity index (χ3v) is 2.14. The van der Waals surface area contributed by atoms with Crippen molar-refractivity contribution in [3.05, 3.63) is 64.2 Å². The van der Waals surface area contributed by atoms with E-state index in [0.29, 0.717) is 0 Å². The molecule has 6 heteroatoms. The summed E-state index contributed by atoms with van der Waals surface area (Å²) in [6.45, 7) is 0. The van der Waals surface area contributed by atoms with Crippen LogP contribution in [0.5, 0.6) is 11.5 Å². The summed E-state index contributed by atoms with van der Waals surface area (Å²) in [7, 11) is 0. The largest absolute Gasteiger partial charge is 0.447 e. The number of ether oxygens (including phenoxy) is 1. The van der Waals surface area contributed by atoms with Crippen molar-refractivity contribution in [2.75, 3.05) is 0 Å². The maximum absolute atomic E-state index is 13.3. The Balaban J connectivity index is 2.40. The molecule has 2 aromatic rings. The predicted molar refractivity (Wildman–Crippen MR) is 58.4 cm³/mol. The Bertz CT molecular complexity index is 602. The highest BCUT2D eigenvalue weighted by molar-refractivity contribution is 5.47. The topological polar surface area (TPSA) is 52.4 Å². The van der Waals surface area contributed by atoms with Crippen LogP contribution in [-0.4, -0.2) is 4.92 Å². The fourth-order valence-electron chi connectivity index (χ4n) is 1.32. The van der Waals surface area contributed by atoms with Crippen LogP contribution in [0.3, 0.4) is 0 Å². The lowest BCUT2D eigenvalue weighted by atomic mass is 10.3. The maximum Gasteiger partial charge on any atom is 0.312 e. The molecule has 0 bridgehead atoms. The molecule has 0 aliphatic heterocycles. The second kappa shape index (κ2) is 4.79. The van der Waals surface area contributed by atoms with Crippen LogP contribution < -0.4 is 4.74 Å². The van der Waals surface area contributed by atoms with Crippen LogP contribution in [0.15, 0.2) is 36.4 Å². The molecule has 4 nitrogen and oxygen atoms in total. The molecule has 0 aliphatic rings. The summed E-state index contributed by atoms with van der Waals surface area (Å²) in [5.74, 6) is -2.87. The summed E-state index contributed by atoms with van der Waals surface area (Å²) in [6.07, 6.45) is 0. The molecule has 0 amide bonds. The van der Waals surface area contributed by atoms with E-state index in [9.17, 15) is 18.9 Å². The van der Waals surface area contributed by atoms with Gasteiger partial charge in [-0.15, -0.1) is 0 Å². The summed E-state index contributed by atoms with van der Waals surface area (Å²) in [5, 5.41) is 10.7. The molecule has 1 radical (unpaired) electrons. The van der Waals surface area contributed by atoms with Crippen LogP contribution in [0, 0.1) is 27.8 Å². The Hall–Kier alpha value is -2.50. The lowest BCUT2D eigenvalue weighted by Crippen LogP contribution is -1.95. The molecule has 0 heterocycles. The molecule has 0 spiro atoms. The molecule has 2 aromatic carbocycles. The number of benzene rings is 2. The molecule has 91 valence electrons. The molecule has 0 saturated heterocycles. The van der Waals surface area contributed by atoms with Crippen molar-refractivity contribution in [1.29, 1.82) is 0 Å². The lowest BCUT2D eigenvalue weighted by molar-refractivity contribution is -0.385. The van der Waals surface area contributed by atoms with E-state index >= 15 is 0 Å². The van der Waals surface area contributed by atoms with E-state index in [1.54, 1.807) is 0 Å². The van der Waals surface area contributed by atoms with Crippen LogP contribution >= 0.6 is 0 Å². The zero-order valence-electron chi connectivity index (χ0n) is 8.89. The molecule has 2 rings (SSSR count). The molecule has 0 saturated carbocycles. The van der Waals surface area contributed by atoms with Gasteiger partial charge in [-0.1, -0.05) is 12.1 Å². The second-order valence-electron chi connectivity index (χ2n) is 3.30. The van der Waals surface area contributed by atoms with Crippen LogP contribution in [0.25, 0.3) is 0 Å². The molecule has 0 fully saturated rings. The quantitative estimate of drug-likeness (QED) is 0.619. The lowest BCUT2D eigenvalue weighted by Gasteiger charge is -2.06. The number of nitrogens with zero attached hydrogens (tertiary/aromatic N) is 1.